The number of carbonyl (C=O) groups excluding carboxylic acids is 3. The van der Waals surface area contributed by atoms with E-state index in [1.165, 1.54) is 11.8 Å². The summed E-state index contributed by atoms with van der Waals surface area (Å²) in [4.78, 5) is 49.1. The number of rotatable bonds is 14. The van der Waals surface area contributed by atoms with Gasteiger partial charge in [0, 0.05) is 0 Å². The van der Waals surface area contributed by atoms with Crippen LogP contribution >= 0.6 is 11.8 Å². The lowest BCUT2D eigenvalue weighted by molar-refractivity contribution is -0.144. The Morgan fingerprint density at radius 3 is 1.97 bits per heavy atom. The number of amides is 3. The number of nitrogens with one attached hydrogen (secondary N) is 3. The Morgan fingerprint density at radius 2 is 1.53 bits per heavy atom. The summed E-state index contributed by atoms with van der Waals surface area (Å²) in [7, 11) is 0. The van der Waals surface area contributed by atoms with Gasteiger partial charge in [-0.15, -0.1) is 0 Å². The normalized spacial score (nSPS) is 16.1. The number of aliphatic hydroxyl groups is 1. The molecule has 0 aromatic heterocycles. The van der Waals surface area contributed by atoms with Crippen molar-refractivity contribution in [3.8, 4) is 0 Å². The molecule has 0 radical (unpaired) electrons. The molecule has 3 amide bonds. The molecule has 0 bridgehead atoms. The van der Waals surface area contributed by atoms with E-state index in [9.17, 15) is 24.3 Å². The SMILES string of the molecule is CCC(C)C(NC(=O)C(CCSC)NC(=O)C(N)CO)C(=O)NC(C(=O)O)C(C)C. The molecule has 30 heavy (non-hydrogen) atoms. The molecule has 0 aromatic carbocycles. The molecule has 0 fully saturated rings. The van der Waals surface area contributed by atoms with Crippen LogP contribution in [0.5, 0.6) is 0 Å². The van der Waals surface area contributed by atoms with E-state index in [0.29, 0.717) is 18.6 Å². The second-order valence-corrected chi connectivity index (χ2v) is 8.56. The Balaban J connectivity index is 5.46. The first kappa shape index (κ1) is 28.1. The summed E-state index contributed by atoms with van der Waals surface area (Å²) in [6.07, 6.45) is 2.72. The topological polar surface area (TPSA) is 171 Å². The number of carboxylic acids is 1. The Bertz CT molecular complexity index is 589. The van der Waals surface area contributed by atoms with E-state index in [2.05, 4.69) is 16.0 Å². The van der Waals surface area contributed by atoms with E-state index in [1.54, 1.807) is 20.8 Å². The average Bonchev–Trinajstić information content (AvgIpc) is 2.70. The number of thioether (sulfide) groups is 1. The molecule has 0 spiro atoms. The van der Waals surface area contributed by atoms with Gasteiger partial charge in [-0.25, -0.2) is 4.79 Å². The zero-order valence-electron chi connectivity index (χ0n) is 18.3. The van der Waals surface area contributed by atoms with Crippen molar-refractivity contribution in [1.29, 1.82) is 0 Å². The molecule has 0 aliphatic heterocycles. The molecule has 7 N–H and O–H groups in total. The molecule has 10 nitrogen and oxygen atoms in total. The molecule has 0 aliphatic carbocycles. The Labute approximate surface area is 182 Å². The third-order valence-corrected chi connectivity index (χ3v) is 5.44. The molecule has 0 saturated carbocycles. The van der Waals surface area contributed by atoms with Crippen molar-refractivity contribution in [2.45, 2.75) is 64.7 Å². The van der Waals surface area contributed by atoms with E-state index >= 15 is 0 Å². The molecule has 5 unspecified atom stereocenters. The molecular weight excluding hydrogens is 412 g/mol. The quantitative estimate of drug-likeness (QED) is 0.202. The van der Waals surface area contributed by atoms with E-state index < -0.39 is 54.5 Å². The molecule has 5 atom stereocenters. The molecule has 174 valence electrons. The van der Waals surface area contributed by atoms with Gasteiger partial charge in [-0.3, -0.25) is 14.4 Å². The number of aliphatic hydroxyl groups excluding tert-OH is 1. The van der Waals surface area contributed by atoms with Crippen molar-refractivity contribution in [1.82, 2.24) is 16.0 Å². The maximum atomic E-state index is 12.8. The van der Waals surface area contributed by atoms with Gasteiger partial charge in [0.05, 0.1) is 6.61 Å². The van der Waals surface area contributed by atoms with Gasteiger partial charge in [0.25, 0.3) is 0 Å². The minimum absolute atomic E-state index is 0.271. The number of carbonyl (C=O) groups is 4. The van der Waals surface area contributed by atoms with Crippen molar-refractivity contribution >= 4 is 35.5 Å². The first-order valence-electron chi connectivity index (χ1n) is 9.99. The first-order valence-corrected chi connectivity index (χ1v) is 11.4. The fourth-order valence-corrected chi connectivity index (χ4v) is 3.05. The maximum absolute atomic E-state index is 12.8. The van der Waals surface area contributed by atoms with Crippen molar-refractivity contribution in [3.05, 3.63) is 0 Å². The van der Waals surface area contributed by atoms with Crippen LogP contribution in [-0.4, -0.2) is 76.7 Å². The third-order valence-electron chi connectivity index (χ3n) is 4.80. The standard InChI is InChI=1S/C19H36N4O6S/c1-6-11(4)15(18(27)22-14(10(2)3)19(28)29)23-17(26)13(7-8-30-5)21-16(25)12(20)9-24/h10-15,24H,6-9,20H2,1-5H3,(H,21,25)(H,22,27)(H,23,26)(H,28,29). The van der Waals surface area contributed by atoms with E-state index in [0.717, 1.165) is 0 Å². The maximum Gasteiger partial charge on any atom is 0.326 e. The van der Waals surface area contributed by atoms with E-state index in [-0.39, 0.29) is 11.8 Å². The summed E-state index contributed by atoms with van der Waals surface area (Å²) in [5.41, 5.74) is 5.51. The van der Waals surface area contributed by atoms with Gasteiger partial charge in [0.15, 0.2) is 0 Å². The second-order valence-electron chi connectivity index (χ2n) is 7.57. The minimum atomic E-state index is -1.16. The largest absolute Gasteiger partial charge is 0.480 e. The smallest absolute Gasteiger partial charge is 0.326 e. The molecule has 0 saturated heterocycles. The van der Waals surface area contributed by atoms with E-state index in [4.69, 9.17) is 10.8 Å². The van der Waals surface area contributed by atoms with E-state index in [1.807, 2.05) is 13.2 Å². The van der Waals surface area contributed by atoms with Crippen LogP contribution in [0.25, 0.3) is 0 Å². The number of hydrogen-bond acceptors (Lipinski definition) is 7. The number of hydrogen-bond donors (Lipinski definition) is 6. The number of nitrogens with two attached hydrogens (primary N) is 1. The highest BCUT2D eigenvalue weighted by atomic mass is 32.2. The summed E-state index contributed by atoms with van der Waals surface area (Å²) >= 11 is 1.48. The first-order chi connectivity index (χ1) is 14.0. The fourth-order valence-electron chi connectivity index (χ4n) is 2.58. The molecule has 11 heteroatoms. The highest BCUT2D eigenvalue weighted by Crippen LogP contribution is 2.11. The highest BCUT2D eigenvalue weighted by molar-refractivity contribution is 7.98. The summed E-state index contributed by atoms with van der Waals surface area (Å²) in [5.74, 6) is -3.04. The van der Waals surface area contributed by atoms with Crippen LogP contribution in [-0.2, 0) is 19.2 Å². The molecule has 0 heterocycles. The zero-order valence-corrected chi connectivity index (χ0v) is 19.1. The van der Waals surface area contributed by atoms with Crippen molar-refractivity contribution < 1.29 is 29.4 Å². The van der Waals surface area contributed by atoms with Crippen LogP contribution in [0.3, 0.4) is 0 Å². The number of carboxylic acid groups (broad SMARTS) is 1. The average molecular weight is 449 g/mol. The van der Waals surface area contributed by atoms with Crippen molar-refractivity contribution in [2.75, 3.05) is 18.6 Å². The molecule has 0 aliphatic rings. The predicted molar refractivity (Wildman–Crippen MR) is 116 cm³/mol. The van der Waals surface area contributed by atoms with Crippen LogP contribution in [0.15, 0.2) is 0 Å². The summed E-state index contributed by atoms with van der Waals surface area (Å²) in [6.45, 7) is 6.41. The molecule has 0 rings (SSSR count). The van der Waals surface area contributed by atoms with Crippen LogP contribution in [0.1, 0.15) is 40.5 Å². The van der Waals surface area contributed by atoms with Gasteiger partial charge in [-0.1, -0.05) is 34.1 Å². The number of aliphatic carboxylic acids is 1. The highest BCUT2D eigenvalue weighted by Gasteiger charge is 2.33. The van der Waals surface area contributed by atoms with Crippen LogP contribution in [0, 0.1) is 11.8 Å². The summed E-state index contributed by atoms with van der Waals surface area (Å²) < 4.78 is 0. The molecular formula is C19H36N4O6S. The fraction of sp³-hybridized carbons (Fsp3) is 0.789. The second kappa shape index (κ2) is 14.2. The third kappa shape index (κ3) is 9.31. The minimum Gasteiger partial charge on any atom is -0.480 e. The van der Waals surface area contributed by atoms with Crippen molar-refractivity contribution in [3.63, 3.8) is 0 Å². The van der Waals surface area contributed by atoms with Crippen molar-refractivity contribution in [2.24, 2.45) is 17.6 Å². The Kier molecular flexibility index (Phi) is 13.3. The van der Waals surface area contributed by atoms with Gasteiger partial charge in [0.2, 0.25) is 17.7 Å². The van der Waals surface area contributed by atoms with Crippen LogP contribution in [0.2, 0.25) is 0 Å². The van der Waals surface area contributed by atoms with Gasteiger partial charge in [0.1, 0.15) is 24.2 Å². The Morgan fingerprint density at radius 1 is 0.967 bits per heavy atom. The predicted octanol–water partition coefficient (Wildman–Crippen LogP) is -0.700. The lowest BCUT2D eigenvalue weighted by Gasteiger charge is -2.28. The monoisotopic (exact) mass is 448 g/mol. The lowest BCUT2D eigenvalue weighted by atomic mass is 9.96. The van der Waals surface area contributed by atoms with Crippen LogP contribution in [0.4, 0.5) is 0 Å². The van der Waals surface area contributed by atoms with Crippen LogP contribution < -0.4 is 21.7 Å². The Hall–Kier alpha value is -1.85. The summed E-state index contributed by atoms with van der Waals surface area (Å²) in [6, 6.07) is -4.16. The summed E-state index contributed by atoms with van der Waals surface area (Å²) in [5, 5.41) is 26.0. The molecule has 0 aromatic rings. The van der Waals surface area contributed by atoms with Gasteiger partial charge >= 0.3 is 5.97 Å². The van der Waals surface area contributed by atoms with Gasteiger partial charge in [-0.05, 0) is 30.3 Å². The van der Waals surface area contributed by atoms with Gasteiger partial charge < -0.3 is 31.9 Å². The lowest BCUT2D eigenvalue weighted by Crippen LogP contribution is -2.59. The zero-order chi connectivity index (χ0) is 23.4. The van der Waals surface area contributed by atoms with Gasteiger partial charge in [-0.2, -0.15) is 11.8 Å².